The highest BCUT2D eigenvalue weighted by molar-refractivity contribution is 5.30. The van der Waals surface area contributed by atoms with Crippen LogP contribution in [0.1, 0.15) is 35.8 Å². The maximum atomic E-state index is 5.35. The van der Waals surface area contributed by atoms with Crippen LogP contribution < -0.4 is 5.32 Å². The number of nitrogens with one attached hydrogen (secondary N) is 1. The van der Waals surface area contributed by atoms with E-state index in [1.807, 2.05) is 12.1 Å². The third-order valence-corrected chi connectivity index (χ3v) is 3.54. The molecule has 0 spiro atoms. The van der Waals surface area contributed by atoms with Crippen molar-refractivity contribution in [3.05, 3.63) is 59.0 Å². The molecule has 0 saturated carbocycles. The number of hydrogen-bond acceptors (Lipinski definition) is 2. The minimum Gasteiger partial charge on any atom is -0.469 e. The molecule has 1 aromatic carbocycles. The van der Waals surface area contributed by atoms with Crippen molar-refractivity contribution in [2.24, 2.45) is 0 Å². The lowest BCUT2D eigenvalue weighted by molar-refractivity contribution is 0.459. The van der Waals surface area contributed by atoms with Crippen LogP contribution in [0.5, 0.6) is 0 Å². The molecule has 2 heteroatoms. The van der Waals surface area contributed by atoms with E-state index in [0.29, 0.717) is 6.04 Å². The Morgan fingerprint density at radius 2 is 2.05 bits per heavy atom. The first-order chi connectivity index (χ1) is 9.15. The summed E-state index contributed by atoms with van der Waals surface area (Å²) in [5.74, 6) is 1.07. The summed E-state index contributed by atoms with van der Waals surface area (Å²) in [4.78, 5) is 0. The zero-order valence-corrected chi connectivity index (χ0v) is 12.1. The summed E-state index contributed by atoms with van der Waals surface area (Å²) in [6.45, 7) is 7.48. The third-order valence-electron chi connectivity index (χ3n) is 3.54. The quantitative estimate of drug-likeness (QED) is 0.846. The molecule has 0 unspecified atom stereocenters. The SMILES string of the molecule is Cc1ccc(CN[C@@H](C)CCc2ccco2)c(C)c1. The second-order valence-corrected chi connectivity index (χ2v) is 5.33. The van der Waals surface area contributed by atoms with Gasteiger partial charge in [-0.15, -0.1) is 0 Å². The van der Waals surface area contributed by atoms with Crippen molar-refractivity contribution in [2.45, 2.75) is 46.2 Å². The van der Waals surface area contributed by atoms with Gasteiger partial charge in [-0.25, -0.2) is 0 Å². The summed E-state index contributed by atoms with van der Waals surface area (Å²) in [5.41, 5.74) is 4.08. The lowest BCUT2D eigenvalue weighted by Gasteiger charge is -2.14. The van der Waals surface area contributed by atoms with Gasteiger partial charge in [0.2, 0.25) is 0 Å². The van der Waals surface area contributed by atoms with Crippen molar-refractivity contribution in [1.29, 1.82) is 0 Å². The number of rotatable bonds is 6. The van der Waals surface area contributed by atoms with E-state index in [-0.39, 0.29) is 0 Å². The predicted molar refractivity (Wildman–Crippen MR) is 79.2 cm³/mol. The standard InChI is InChI=1S/C17H23NO/c1-13-6-8-16(14(2)11-13)12-18-15(3)7-9-17-5-4-10-19-17/h4-6,8,10-11,15,18H,7,9,12H2,1-3H3/t15-/m0/s1. The normalized spacial score (nSPS) is 12.6. The molecule has 1 aromatic heterocycles. The lowest BCUT2D eigenvalue weighted by Crippen LogP contribution is -2.26. The fraction of sp³-hybridized carbons (Fsp3) is 0.412. The van der Waals surface area contributed by atoms with Crippen molar-refractivity contribution in [3.8, 4) is 0 Å². The van der Waals surface area contributed by atoms with Gasteiger partial charge in [0.05, 0.1) is 6.26 Å². The molecule has 0 fully saturated rings. The molecule has 2 aromatic rings. The minimum absolute atomic E-state index is 0.491. The summed E-state index contributed by atoms with van der Waals surface area (Å²) in [6, 6.07) is 11.1. The molecular weight excluding hydrogens is 234 g/mol. The van der Waals surface area contributed by atoms with Gasteiger partial charge in [0.1, 0.15) is 5.76 Å². The highest BCUT2D eigenvalue weighted by Crippen LogP contribution is 2.11. The molecule has 2 rings (SSSR count). The van der Waals surface area contributed by atoms with Gasteiger partial charge in [-0.2, -0.15) is 0 Å². The number of aryl methyl sites for hydroxylation is 3. The summed E-state index contributed by atoms with van der Waals surface area (Å²) in [6.07, 6.45) is 3.83. The molecular formula is C17H23NO. The van der Waals surface area contributed by atoms with Crippen molar-refractivity contribution in [2.75, 3.05) is 0 Å². The van der Waals surface area contributed by atoms with Gasteiger partial charge in [0.15, 0.2) is 0 Å². The average molecular weight is 257 g/mol. The molecule has 0 amide bonds. The molecule has 102 valence electrons. The van der Waals surface area contributed by atoms with Crippen molar-refractivity contribution >= 4 is 0 Å². The Hall–Kier alpha value is -1.54. The molecule has 19 heavy (non-hydrogen) atoms. The molecule has 0 saturated heterocycles. The van der Waals surface area contributed by atoms with Gasteiger partial charge >= 0.3 is 0 Å². The summed E-state index contributed by atoms with van der Waals surface area (Å²) >= 11 is 0. The third kappa shape index (κ3) is 4.25. The Balaban J connectivity index is 1.78. The lowest BCUT2D eigenvalue weighted by atomic mass is 10.1. The summed E-state index contributed by atoms with van der Waals surface area (Å²) in [5, 5.41) is 3.58. The highest BCUT2D eigenvalue weighted by Gasteiger charge is 2.05. The van der Waals surface area contributed by atoms with Gasteiger partial charge in [-0.1, -0.05) is 23.8 Å². The van der Waals surface area contributed by atoms with E-state index in [1.54, 1.807) is 6.26 Å². The van der Waals surface area contributed by atoms with Crippen LogP contribution in [0.15, 0.2) is 41.0 Å². The largest absolute Gasteiger partial charge is 0.469 e. The second-order valence-electron chi connectivity index (χ2n) is 5.33. The number of benzene rings is 1. The number of furan rings is 1. The Bertz CT molecular complexity index is 502. The monoisotopic (exact) mass is 257 g/mol. The Morgan fingerprint density at radius 3 is 2.74 bits per heavy atom. The van der Waals surface area contributed by atoms with E-state index in [4.69, 9.17) is 4.42 Å². The maximum absolute atomic E-state index is 5.35. The minimum atomic E-state index is 0.491. The second kappa shape index (κ2) is 6.58. The highest BCUT2D eigenvalue weighted by atomic mass is 16.3. The fourth-order valence-corrected chi connectivity index (χ4v) is 2.24. The molecule has 1 N–H and O–H groups in total. The zero-order chi connectivity index (χ0) is 13.7. The molecule has 0 radical (unpaired) electrons. The van der Waals surface area contributed by atoms with E-state index in [9.17, 15) is 0 Å². The van der Waals surface area contributed by atoms with Crippen LogP contribution in [0.25, 0.3) is 0 Å². The van der Waals surface area contributed by atoms with Crippen LogP contribution in [0.3, 0.4) is 0 Å². The van der Waals surface area contributed by atoms with Crippen LogP contribution in [0, 0.1) is 13.8 Å². The number of hydrogen-bond donors (Lipinski definition) is 1. The van der Waals surface area contributed by atoms with Crippen LogP contribution >= 0.6 is 0 Å². The van der Waals surface area contributed by atoms with E-state index < -0.39 is 0 Å². The van der Waals surface area contributed by atoms with Gasteiger partial charge in [-0.3, -0.25) is 0 Å². The van der Waals surface area contributed by atoms with Crippen molar-refractivity contribution in [3.63, 3.8) is 0 Å². The van der Waals surface area contributed by atoms with Gasteiger partial charge in [0.25, 0.3) is 0 Å². The molecule has 1 atom stereocenters. The summed E-state index contributed by atoms with van der Waals surface area (Å²) < 4.78 is 5.35. The van der Waals surface area contributed by atoms with E-state index >= 15 is 0 Å². The van der Waals surface area contributed by atoms with Crippen LogP contribution in [-0.4, -0.2) is 6.04 Å². The maximum Gasteiger partial charge on any atom is 0.103 e. The first kappa shape index (κ1) is 13.9. The topological polar surface area (TPSA) is 25.2 Å². The van der Waals surface area contributed by atoms with Crippen LogP contribution in [0.2, 0.25) is 0 Å². The van der Waals surface area contributed by atoms with E-state index in [1.165, 1.54) is 16.7 Å². The molecule has 0 aliphatic carbocycles. The van der Waals surface area contributed by atoms with E-state index in [0.717, 1.165) is 25.1 Å². The Kier molecular flexibility index (Phi) is 4.80. The van der Waals surface area contributed by atoms with Crippen molar-refractivity contribution in [1.82, 2.24) is 5.32 Å². The van der Waals surface area contributed by atoms with Gasteiger partial charge in [-0.05, 0) is 50.5 Å². The molecule has 0 aliphatic heterocycles. The smallest absolute Gasteiger partial charge is 0.103 e. The average Bonchev–Trinajstić information content (AvgIpc) is 2.88. The van der Waals surface area contributed by atoms with E-state index in [2.05, 4.69) is 44.3 Å². The molecule has 0 bridgehead atoms. The van der Waals surface area contributed by atoms with Crippen LogP contribution in [0.4, 0.5) is 0 Å². The van der Waals surface area contributed by atoms with Crippen molar-refractivity contribution < 1.29 is 4.42 Å². The molecule has 1 heterocycles. The fourth-order valence-electron chi connectivity index (χ4n) is 2.24. The van der Waals surface area contributed by atoms with Crippen LogP contribution in [-0.2, 0) is 13.0 Å². The van der Waals surface area contributed by atoms with Gasteiger partial charge < -0.3 is 9.73 Å². The molecule has 2 nitrogen and oxygen atoms in total. The predicted octanol–water partition coefficient (Wildman–Crippen LogP) is 4.01. The first-order valence-electron chi connectivity index (χ1n) is 6.97. The van der Waals surface area contributed by atoms with Gasteiger partial charge in [0, 0.05) is 19.0 Å². The zero-order valence-electron chi connectivity index (χ0n) is 12.1. The Morgan fingerprint density at radius 1 is 1.21 bits per heavy atom. The molecule has 0 aliphatic rings. The first-order valence-corrected chi connectivity index (χ1v) is 6.97. The Labute approximate surface area is 115 Å². The summed E-state index contributed by atoms with van der Waals surface area (Å²) in [7, 11) is 0.